The molecule has 0 aliphatic heterocycles. The van der Waals surface area contributed by atoms with E-state index in [0.29, 0.717) is 0 Å². The van der Waals surface area contributed by atoms with E-state index in [0.717, 1.165) is 25.7 Å². The summed E-state index contributed by atoms with van der Waals surface area (Å²) in [7, 11) is -3.50. The molecule has 16 heavy (non-hydrogen) atoms. The molecular formula is C9H16N4O2S. The molecule has 0 spiro atoms. The maximum Gasteiger partial charge on any atom is 0.257 e. The number of rotatable bonds is 3. The van der Waals surface area contributed by atoms with Gasteiger partial charge in [0.1, 0.15) is 0 Å². The van der Waals surface area contributed by atoms with E-state index in [-0.39, 0.29) is 17.1 Å². The lowest BCUT2D eigenvalue weighted by atomic mass is 9.92. The molecule has 2 atom stereocenters. The normalized spacial score (nSPS) is 26.8. The molecule has 0 radical (unpaired) electrons. The van der Waals surface area contributed by atoms with Crippen LogP contribution in [-0.2, 0) is 10.0 Å². The van der Waals surface area contributed by atoms with Gasteiger partial charge in [-0.05, 0) is 12.8 Å². The minimum Gasteiger partial charge on any atom is -0.335 e. The number of nitrogens with one attached hydrogen (secondary N) is 2. The number of nitrogens with two attached hydrogens (primary N) is 1. The van der Waals surface area contributed by atoms with Crippen LogP contribution < -0.4 is 10.5 Å². The van der Waals surface area contributed by atoms with Crippen LogP contribution >= 0.6 is 0 Å². The summed E-state index contributed by atoms with van der Waals surface area (Å²) in [6.45, 7) is 0. The fourth-order valence-electron chi connectivity index (χ4n) is 1.96. The second-order valence-corrected chi connectivity index (χ2v) is 5.77. The van der Waals surface area contributed by atoms with E-state index in [2.05, 4.69) is 14.7 Å². The third-order valence-corrected chi connectivity index (χ3v) is 4.30. The molecule has 1 fully saturated rings. The van der Waals surface area contributed by atoms with Gasteiger partial charge in [-0.2, -0.15) is 0 Å². The maximum atomic E-state index is 11.9. The van der Waals surface area contributed by atoms with Crippen molar-refractivity contribution in [3.63, 3.8) is 0 Å². The Labute approximate surface area is 94.7 Å². The Morgan fingerprint density at radius 1 is 1.44 bits per heavy atom. The topological polar surface area (TPSA) is 101 Å². The van der Waals surface area contributed by atoms with Crippen LogP contribution in [0.4, 0.5) is 0 Å². The van der Waals surface area contributed by atoms with Crippen molar-refractivity contribution >= 4 is 10.0 Å². The first kappa shape index (κ1) is 11.6. The molecule has 90 valence electrons. The molecular weight excluding hydrogens is 228 g/mol. The summed E-state index contributed by atoms with van der Waals surface area (Å²) in [6, 6.07) is -0.256. The third kappa shape index (κ3) is 2.42. The molecule has 4 N–H and O–H groups in total. The SMILES string of the molecule is NC1CCCCC1NS(=O)(=O)c1cnc[nH]1. The van der Waals surface area contributed by atoms with Crippen LogP contribution in [0.1, 0.15) is 25.7 Å². The van der Waals surface area contributed by atoms with Gasteiger partial charge in [-0.3, -0.25) is 0 Å². The minimum absolute atomic E-state index is 0.0882. The lowest BCUT2D eigenvalue weighted by molar-refractivity contribution is 0.361. The highest BCUT2D eigenvalue weighted by molar-refractivity contribution is 7.89. The van der Waals surface area contributed by atoms with Crippen molar-refractivity contribution in [2.24, 2.45) is 5.73 Å². The Kier molecular flexibility index (Phi) is 3.27. The zero-order chi connectivity index (χ0) is 11.6. The smallest absolute Gasteiger partial charge is 0.257 e. The third-order valence-electron chi connectivity index (χ3n) is 2.89. The van der Waals surface area contributed by atoms with Crippen molar-refractivity contribution < 1.29 is 8.42 Å². The summed E-state index contributed by atoms with van der Waals surface area (Å²) in [5, 5.41) is 0.0882. The first-order chi connectivity index (χ1) is 7.59. The van der Waals surface area contributed by atoms with E-state index in [9.17, 15) is 8.42 Å². The number of sulfonamides is 1. The van der Waals surface area contributed by atoms with Crippen molar-refractivity contribution in [1.29, 1.82) is 0 Å². The summed E-state index contributed by atoms with van der Waals surface area (Å²) in [5.74, 6) is 0. The van der Waals surface area contributed by atoms with Crippen LogP contribution in [0, 0.1) is 0 Å². The zero-order valence-electron chi connectivity index (χ0n) is 8.89. The largest absolute Gasteiger partial charge is 0.335 e. The highest BCUT2D eigenvalue weighted by Gasteiger charge is 2.27. The molecule has 1 saturated carbocycles. The molecule has 2 unspecified atom stereocenters. The number of nitrogens with zero attached hydrogens (tertiary/aromatic N) is 1. The number of hydrogen-bond donors (Lipinski definition) is 3. The lowest BCUT2D eigenvalue weighted by Crippen LogP contribution is -2.49. The van der Waals surface area contributed by atoms with Gasteiger partial charge in [0, 0.05) is 12.1 Å². The molecule has 6 nitrogen and oxygen atoms in total. The predicted octanol–water partition coefficient (Wildman–Crippen LogP) is -0.0421. The van der Waals surface area contributed by atoms with Gasteiger partial charge in [0.2, 0.25) is 0 Å². The molecule has 2 rings (SSSR count). The fraction of sp³-hybridized carbons (Fsp3) is 0.667. The molecule has 0 aromatic carbocycles. The van der Waals surface area contributed by atoms with E-state index >= 15 is 0 Å². The Morgan fingerprint density at radius 3 is 2.81 bits per heavy atom. The molecule has 0 bridgehead atoms. The molecule has 1 aliphatic carbocycles. The maximum absolute atomic E-state index is 11.9. The molecule has 1 heterocycles. The van der Waals surface area contributed by atoms with Gasteiger partial charge in [0.05, 0.1) is 12.5 Å². The van der Waals surface area contributed by atoms with Crippen LogP contribution in [0.2, 0.25) is 0 Å². The average Bonchev–Trinajstić information content (AvgIpc) is 2.75. The number of hydrogen-bond acceptors (Lipinski definition) is 4. The summed E-state index contributed by atoms with van der Waals surface area (Å²) >= 11 is 0. The molecule has 0 amide bonds. The van der Waals surface area contributed by atoms with Crippen molar-refractivity contribution in [3.05, 3.63) is 12.5 Å². The van der Waals surface area contributed by atoms with Crippen LogP contribution in [0.25, 0.3) is 0 Å². The first-order valence-electron chi connectivity index (χ1n) is 5.36. The van der Waals surface area contributed by atoms with Crippen LogP contribution in [0.5, 0.6) is 0 Å². The highest BCUT2D eigenvalue weighted by Crippen LogP contribution is 2.18. The fourth-order valence-corrected chi connectivity index (χ4v) is 3.18. The van der Waals surface area contributed by atoms with E-state index < -0.39 is 10.0 Å². The molecule has 1 aromatic rings. The Hall–Kier alpha value is -0.920. The Balaban J connectivity index is 2.09. The van der Waals surface area contributed by atoms with Gasteiger partial charge in [-0.15, -0.1) is 0 Å². The van der Waals surface area contributed by atoms with E-state index in [4.69, 9.17) is 5.73 Å². The quantitative estimate of drug-likeness (QED) is 0.694. The number of aromatic nitrogens is 2. The summed E-state index contributed by atoms with van der Waals surface area (Å²) in [5.41, 5.74) is 5.89. The number of imidazole rings is 1. The average molecular weight is 244 g/mol. The van der Waals surface area contributed by atoms with E-state index in [1.165, 1.54) is 12.5 Å². The Bertz CT molecular complexity index is 428. The van der Waals surface area contributed by atoms with Gasteiger partial charge < -0.3 is 10.7 Å². The van der Waals surface area contributed by atoms with Crippen molar-refractivity contribution in [3.8, 4) is 0 Å². The van der Waals surface area contributed by atoms with E-state index in [1.54, 1.807) is 0 Å². The van der Waals surface area contributed by atoms with Crippen molar-refractivity contribution in [2.75, 3.05) is 0 Å². The van der Waals surface area contributed by atoms with Gasteiger partial charge in [0.25, 0.3) is 10.0 Å². The number of H-pyrrole nitrogens is 1. The predicted molar refractivity (Wildman–Crippen MR) is 59.1 cm³/mol. The molecule has 1 aliphatic rings. The van der Waals surface area contributed by atoms with Crippen LogP contribution in [0.3, 0.4) is 0 Å². The molecule has 1 aromatic heterocycles. The van der Waals surface area contributed by atoms with E-state index in [1.807, 2.05) is 0 Å². The van der Waals surface area contributed by atoms with Gasteiger partial charge in [-0.25, -0.2) is 18.1 Å². The number of aromatic amines is 1. The summed E-state index contributed by atoms with van der Waals surface area (Å²) in [4.78, 5) is 6.27. The minimum atomic E-state index is -3.50. The van der Waals surface area contributed by atoms with Crippen molar-refractivity contribution in [2.45, 2.75) is 42.8 Å². The second kappa shape index (κ2) is 4.52. The van der Waals surface area contributed by atoms with Gasteiger partial charge in [0.15, 0.2) is 5.03 Å². The van der Waals surface area contributed by atoms with Gasteiger partial charge in [-0.1, -0.05) is 12.8 Å². The molecule has 0 saturated heterocycles. The van der Waals surface area contributed by atoms with Gasteiger partial charge >= 0.3 is 0 Å². The van der Waals surface area contributed by atoms with Crippen LogP contribution in [-0.4, -0.2) is 30.5 Å². The lowest BCUT2D eigenvalue weighted by Gasteiger charge is -2.28. The summed E-state index contributed by atoms with van der Waals surface area (Å²) < 4.78 is 26.4. The summed E-state index contributed by atoms with van der Waals surface area (Å²) in [6.07, 6.45) is 6.39. The monoisotopic (exact) mass is 244 g/mol. The second-order valence-electron chi connectivity index (χ2n) is 4.09. The highest BCUT2D eigenvalue weighted by atomic mass is 32.2. The standard InChI is InChI=1S/C9H16N4O2S/c10-7-3-1-2-4-8(7)13-16(14,15)9-5-11-6-12-9/h5-8,13H,1-4,10H2,(H,11,12). The first-order valence-corrected chi connectivity index (χ1v) is 6.84. The van der Waals surface area contributed by atoms with Crippen molar-refractivity contribution in [1.82, 2.24) is 14.7 Å². The zero-order valence-corrected chi connectivity index (χ0v) is 9.70. The van der Waals surface area contributed by atoms with Crippen LogP contribution in [0.15, 0.2) is 17.6 Å². The Morgan fingerprint density at radius 2 is 2.19 bits per heavy atom. The molecule has 7 heteroatoms.